The predicted octanol–water partition coefficient (Wildman–Crippen LogP) is 2.88. The van der Waals surface area contributed by atoms with Crippen LogP contribution in [0.1, 0.15) is 18.4 Å². The minimum absolute atomic E-state index is 0.210. The third-order valence-electron chi connectivity index (χ3n) is 3.34. The monoisotopic (exact) mass is 315 g/mol. The Labute approximate surface area is 114 Å². The van der Waals surface area contributed by atoms with Crippen molar-refractivity contribution in [3.63, 3.8) is 0 Å². The number of halogens is 2. The first-order chi connectivity index (χ1) is 8.56. The van der Waals surface area contributed by atoms with Crippen molar-refractivity contribution in [3.8, 4) is 0 Å². The van der Waals surface area contributed by atoms with E-state index in [-0.39, 0.29) is 11.7 Å². The second kappa shape index (κ2) is 5.80. The van der Waals surface area contributed by atoms with Crippen LogP contribution in [0.2, 0.25) is 0 Å². The highest BCUT2D eigenvalue weighted by Gasteiger charge is 2.24. The molecule has 0 radical (unpaired) electrons. The number of rotatable bonds is 3. The van der Waals surface area contributed by atoms with E-state index in [0.717, 1.165) is 4.47 Å². The predicted molar refractivity (Wildman–Crippen MR) is 69.7 cm³/mol. The molecule has 2 rings (SSSR count). The highest BCUT2D eigenvalue weighted by atomic mass is 79.9. The molecule has 1 heterocycles. The molecule has 1 aliphatic rings. The number of carboxylic acids is 1. The highest BCUT2D eigenvalue weighted by Crippen LogP contribution is 2.22. The number of carbonyl (C=O) groups is 1. The first kappa shape index (κ1) is 13.5. The first-order valence-electron chi connectivity index (χ1n) is 5.95. The molecule has 1 N–H and O–H groups in total. The maximum atomic E-state index is 13.6. The molecular formula is C13H15BrFNO2. The number of likely N-dealkylation sites (tertiary alicyclic amines) is 1. The van der Waals surface area contributed by atoms with Gasteiger partial charge in [-0.1, -0.05) is 15.9 Å². The Morgan fingerprint density at radius 3 is 2.72 bits per heavy atom. The van der Waals surface area contributed by atoms with Crippen LogP contribution in [-0.4, -0.2) is 29.1 Å². The Kier molecular flexibility index (Phi) is 4.35. The molecule has 0 bridgehead atoms. The topological polar surface area (TPSA) is 40.5 Å². The number of carboxylic acid groups (broad SMARTS) is 1. The van der Waals surface area contributed by atoms with Gasteiger partial charge in [0.05, 0.1) is 5.92 Å². The van der Waals surface area contributed by atoms with Crippen LogP contribution in [-0.2, 0) is 11.3 Å². The highest BCUT2D eigenvalue weighted by molar-refractivity contribution is 9.10. The smallest absolute Gasteiger partial charge is 0.306 e. The van der Waals surface area contributed by atoms with Crippen molar-refractivity contribution in [2.24, 2.45) is 5.92 Å². The quantitative estimate of drug-likeness (QED) is 0.932. The largest absolute Gasteiger partial charge is 0.481 e. The van der Waals surface area contributed by atoms with E-state index in [1.807, 2.05) is 0 Å². The van der Waals surface area contributed by atoms with E-state index in [4.69, 9.17) is 5.11 Å². The fourth-order valence-corrected chi connectivity index (χ4v) is 2.65. The molecule has 0 spiro atoms. The average Bonchev–Trinajstić information content (AvgIpc) is 2.34. The van der Waals surface area contributed by atoms with E-state index in [9.17, 15) is 9.18 Å². The van der Waals surface area contributed by atoms with Crippen LogP contribution < -0.4 is 0 Å². The Balaban J connectivity index is 1.95. The number of hydrogen-bond acceptors (Lipinski definition) is 2. The minimum Gasteiger partial charge on any atom is -0.481 e. The Morgan fingerprint density at radius 1 is 1.44 bits per heavy atom. The molecule has 5 heteroatoms. The van der Waals surface area contributed by atoms with Crippen LogP contribution in [0.4, 0.5) is 4.39 Å². The lowest BCUT2D eigenvalue weighted by Gasteiger charge is -2.30. The summed E-state index contributed by atoms with van der Waals surface area (Å²) in [5.74, 6) is -1.17. The van der Waals surface area contributed by atoms with Gasteiger partial charge in [-0.2, -0.15) is 0 Å². The molecule has 98 valence electrons. The van der Waals surface area contributed by atoms with Crippen LogP contribution in [0.25, 0.3) is 0 Å². The van der Waals surface area contributed by atoms with E-state index in [1.165, 1.54) is 6.07 Å². The molecule has 0 aromatic heterocycles. The Hall–Kier alpha value is -0.940. The lowest BCUT2D eigenvalue weighted by molar-refractivity contribution is -0.143. The van der Waals surface area contributed by atoms with Gasteiger partial charge in [-0.15, -0.1) is 0 Å². The lowest BCUT2D eigenvalue weighted by Crippen LogP contribution is -2.36. The maximum absolute atomic E-state index is 13.6. The summed E-state index contributed by atoms with van der Waals surface area (Å²) >= 11 is 3.33. The number of nitrogens with zero attached hydrogens (tertiary/aromatic N) is 1. The second-order valence-corrected chi connectivity index (χ2v) is 5.54. The van der Waals surface area contributed by atoms with Crippen LogP contribution in [0.5, 0.6) is 0 Å². The molecule has 1 aromatic rings. The van der Waals surface area contributed by atoms with Gasteiger partial charge in [0.25, 0.3) is 0 Å². The van der Waals surface area contributed by atoms with E-state index in [0.29, 0.717) is 38.0 Å². The lowest BCUT2D eigenvalue weighted by atomic mass is 9.97. The van der Waals surface area contributed by atoms with Gasteiger partial charge in [0.15, 0.2) is 0 Å². The molecule has 0 amide bonds. The summed E-state index contributed by atoms with van der Waals surface area (Å²) in [6.45, 7) is 1.96. The molecule has 1 aromatic carbocycles. The molecule has 0 atom stereocenters. The second-order valence-electron chi connectivity index (χ2n) is 4.62. The van der Waals surface area contributed by atoms with Gasteiger partial charge in [0.1, 0.15) is 5.82 Å². The molecule has 18 heavy (non-hydrogen) atoms. The van der Waals surface area contributed by atoms with Crippen molar-refractivity contribution in [3.05, 3.63) is 34.1 Å². The van der Waals surface area contributed by atoms with E-state index in [1.54, 1.807) is 12.1 Å². The molecular weight excluding hydrogens is 301 g/mol. The maximum Gasteiger partial charge on any atom is 0.306 e. The van der Waals surface area contributed by atoms with E-state index >= 15 is 0 Å². The normalized spacial score (nSPS) is 17.9. The van der Waals surface area contributed by atoms with Gasteiger partial charge in [-0.3, -0.25) is 9.69 Å². The number of piperidine rings is 1. The zero-order valence-electron chi connectivity index (χ0n) is 9.90. The fraction of sp³-hybridized carbons (Fsp3) is 0.462. The van der Waals surface area contributed by atoms with Gasteiger partial charge in [0, 0.05) is 16.6 Å². The molecule has 1 saturated heterocycles. The van der Waals surface area contributed by atoms with Crippen molar-refractivity contribution < 1.29 is 14.3 Å². The van der Waals surface area contributed by atoms with Crippen molar-refractivity contribution in [2.75, 3.05) is 13.1 Å². The number of aliphatic carboxylic acids is 1. The van der Waals surface area contributed by atoms with E-state index in [2.05, 4.69) is 20.8 Å². The van der Waals surface area contributed by atoms with Crippen molar-refractivity contribution in [1.82, 2.24) is 4.90 Å². The third-order valence-corrected chi connectivity index (χ3v) is 3.83. The van der Waals surface area contributed by atoms with Crippen molar-refractivity contribution in [1.29, 1.82) is 0 Å². The van der Waals surface area contributed by atoms with Crippen molar-refractivity contribution in [2.45, 2.75) is 19.4 Å². The SMILES string of the molecule is O=C(O)C1CCN(Cc2cc(Br)ccc2F)CC1. The van der Waals surface area contributed by atoms with Crippen LogP contribution >= 0.6 is 15.9 Å². The molecule has 0 aliphatic carbocycles. The van der Waals surface area contributed by atoms with E-state index < -0.39 is 5.97 Å². The minimum atomic E-state index is -0.719. The summed E-state index contributed by atoms with van der Waals surface area (Å²) in [5.41, 5.74) is 0.651. The summed E-state index contributed by atoms with van der Waals surface area (Å²) in [6, 6.07) is 4.90. The third kappa shape index (κ3) is 3.29. The van der Waals surface area contributed by atoms with Crippen LogP contribution in [0.3, 0.4) is 0 Å². The van der Waals surface area contributed by atoms with Gasteiger partial charge in [0.2, 0.25) is 0 Å². The summed E-state index contributed by atoms with van der Waals surface area (Å²) in [7, 11) is 0. The standard InChI is InChI=1S/C13H15BrFNO2/c14-11-1-2-12(15)10(7-11)8-16-5-3-9(4-6-16)13(17)18/h1-2,7,9H,3-6,8H2,(H,17,18). The molecule has 0 saturated carbocycles. The zero-order chi connectivity index (χ0) is 13.1. The fourth-order valence-electron chi connectivity index (χ4n) is 2.24. The Morgan fingerprint density at radius 2 is 2.11 bits per heavy atom. The summed E-state index contributed by atoms with van der Waals surface area (Å²) in [4.78, 5) is 12.9. The summed E-state index contributed by atoms with van der Waals surface area (Å²) < 4.78 is 14.4. The molecule has 1 fully saturated rings. The van der Waals surface area contributed by atoms with Gasteiger partial charge in [-0.25, -0.2) is 4.39 Å². The summed E-state index contributed by atoms with van der Waals surface area (Å²) in [5, 5.41) is 8.91. The van der Waals surface area contributed by atoms with Gasteiger partial charge < -0.3 is 5.11 Å². The first-order valence-corrected chi connectivity index (χ1v) is 6.74. The molecule has 0 unspecified atom stereocenters. The zero-order valence-corrected chi connectivity index (χ0v) is 11.5. The van der Waals surface area contributed by atoms with Crippen molar-refractivity contribution >= 4 is 21.9 Å². The number of hydrogen-bond donors (Lipinski definition) is 1. The number of benzene rings is 1. The van der Waals surface area contributed by atoms with Gasteiger partial charge >= 0.3 is 5.97 Å². The van der Waals surface area contributed by atoms with Crippen LogP contribution in [0.15, 0.2) is 22.7 Å². The summed E-state index contributed by atoms with van der Waals surface area (Å²) in [6.07, 6.45) is 1.29. The molecule has 3 nitrogen and oxygen atoms in total. The van der Waals surface area contributed by atoms with Crippen LogP contribution in [0, 0.1) is 11.7 Å². The van der Waals surface area contributed by atoms with Gasteiger partial charge in [-0.05, 0) is 44.1 Å². The Bertz CT molecular complexity index is 445. The average molecular weight is 316 g/mol. The molecule has 1 aliphatic heterocycles.